The molecule has 1 aliphatic carbocycles. The molecule has 0 unspecified atom stereocenters. The largest absolute Gasteiger partial charge is 0.444 e. The Bertz CT molecular complexity index is 1370. The van der Waals surface area contributed by atoms with Crippen LogP contribution in [0.5, 0.6) is 0 Å². The highest BCUT2D eigenvalue weighted by Crippen LogP contribution is 2.35. The van der Waals surface area contributed by atoms with Gasteiger partial charge in [-0.3, -0.25) is 9.47 Å². The molecule has 3 heterocycles. The van der Waals surface area contributed by atoms with Crippen molar-refractivity contribution in [3.8, 4) is 0 Å². The first-order valence-electron chi connectivity index (χ1n) is 13.0. The van der Waals surface area contributed by atoms with E-state index >= 15 is 0 Å². The van der Waals surface area contributed by atoms with Crippen molar-refractivity contribution in [3.63, 3.8) is 0 Å². The number of nitrogens with one attached hydrogen (secondary N) is 2. The van der Waals surface area contributed by atoms with E-state index in [4.69, 9.17) is 16.3 Å². The Morgan fingerprint density at radius 1 is 1.08 bits per heavy atom. The average Bonchev–Trinajstić information content (AvgIpc) is 3.24. The van der Waals surface area contributed by atoms with Gasteiger partial charge < -0.3 is 15.4 Å². The number of rotatable bonds is 4. The number of nitrogens with zero attached hydrogens (tertiary/aromatic N) is 5. The zero-order chi connectivity index (χ0) is 27.9. The van der Waals surface area contributed by atoms with Gasteiger partial charge in [-0.25, -0.2) is 9.78 Å². The van der Waals surface area contributed by atoms with E-state index in [0.717, 1.165) is 25.3 Å². The van der Waals surface area contributed by atoms with Crippen LogP contribution in [-0.2, 0) is 24.0 Å². The van der Waals surface area contributed by atoms with Gasteiger partial charge in [-0.05, 0) is 70.7 Å². The van der Waals surface area contributed by atoms with Gasteiger partial charge >= 0.3 is 12.3 Å². The van der Waals surface area contributed by atoms with E-state index in [2.05, 4.69) is 25.8 Å². The first-order chi connectivity index (χ1) is 18.4. The van der Waals surface area contributed by atoms with Gasteiger partial charge in [-0.1, -0.05) is 11.6 Å². The standard InChI is InChI=1S/C26H31ClF3N7O2/c1-25(2,3)39-24(38)36-9-10-37-22(14-36)34-35-23(37)32-17-6-4-5-16(12-17)31-20-13-21(26(28,29)30)33-19-8-7-15(27)11-18(19)20/h7-8,11,13,16-17H,4-6,9-10,12,14H2,1-3H3,(H,31,33)(H,32,35)/t16-,17+/m0/s1. The van der Waals surface area contributed by atoms with Gasteiger partial charge in [0.1, 0.15) is 11.3 Å². The summed E-state index contributed by atoms with van der Waals surface area (Å²) in [6.07, 6.45) is -1.68. The molecule has 0 saturated heterocycles. The van der Waals surface area contributed by atoms with E-state index in [1.165, 1.54) is 12.1 Å². The van der Waals surface area contributed by atoms with Crippen molar-refractivity contribution in [1.29, 1.82) is 0 Å². The number of benzene rings is 1. The summed E-state index contributed by atoms with van der Waals surface area (Å²) in [5.41, 5.74) is -0.926. The normalized spacial score (nSPS) is 20.0. The predicted octanol–water partition coefficient (Wildman–Crippen LogP) is 6.08. The monoisotopic (exact) mass is 565 g/mol. The summed E-state index contributed by atoms with van der Waals surface area (Å²) in [5, 5.41) is 16.4. The van der Waals surface area contributed by atoms with Crippen molar-refractivity contribution in [1.82, 2.24) is 24.6 Å². The lowest BCUT2D eigenvalue weighted by atomic mass is 9.90. The van der Waals surface area contributed by atoms with Gasteiger partial charge in [-0.2, -0.15) is 13.2 Å². The fraction of sp³-hybridized carbons (Fsp3) is 0.538. The number of carbonyl (C=O) groups is 1. The minimum absolute atomic E-state index is 0.0483. The average molecular weight is 566 g/mol. The van der Waals surface area contributed by atoms with Gasteiger partial charge in [0.05, 0.1) is 12.1 Å². The van der Waals surface area contributed by atoms with Crippen molar-refractivity contribution in [2.75, 3.05) is 17.2 Å². The molecule has 9 nitrogen and oxygen atoms in total. The van der Waals surface area contributed by atoms with Crippen LogP contribution in [-0.4, -0.2) is 55.0 Å². The molecule has 0 bridgehead atoms. The number of hydrogen-bond donors (Lipinski definition) is 2. The SMILES string of the molecule is CC(C)(C)OC(=O)N1CCn2c(nnc2N[C@@H]2CCC[C@H](Nc3cc(C(F)(F)F)nc4ccc(Cl)cc34)C2)C1. The Balaban J connectivity index is 1.28. The lowest BCUT2D eigenvalue weighted by Crippen LogP contribution is -2.42. The molecule has 1 fully saturated rings. The number of halogens is 4. The molecule has 1 amide bonds. The molecule has 2 N–H and O–H groups in total. The van der Waals surface area contributed by atoms with Crippen LogP contribution in [0.1, 0.15) is 58.0 Å². The molecule has 13 heteroatoms. The van der Waals surface area contributed by atoms with Gasteiger partial charge in [0.25, 0.3) is 0 Å². The predicted molar refractivity (Wildman–Crippen MR) is 142 cm³/mol. The fourth-order valence-electron chi connectivity index (χ4n) is 5.06. The van der Waals surface area contributed by atoms with Crippen LogP contribution in [0.25, 0.3) is 10.9 Å². The highest BCUT2D eigenvalue weighted by Gasteiger charge is 2.34. The summed E-state index contributed by atoms with van der Waals surface area (Å²) in [6.45, 7) is 6.79. The number of pyridine rings is 1. The number of alkyl halides is 3. The lowest BCUT2D eigenvalue weighted by molar-refractivity contribution is -0.140. The second-order valence-electron chi connectivity index (χ2n) is 11.1. The molecule has 2 aromatic heterocycles. The number of ether oxygens (including phenoxy) is 1. The Morgan fingerprint density at radius 3 is 2.54 bits per heavy atom. The van der Waals surface area contributed by atoms with E-state index in [1.54, 1.807) is 11.0 Å². The molecule has 1 aliphatic heterocycles. The van der Waals surface area contributed by atoms with Crippen LogP contribution in [0.4, 0.5) is 29.6 Å². The first-order valence-corrected chi connectivity index (χ1v) is 13.3. The topological polar surface area (TPSA) is 97.2 Å². The highest BCUT2D eigenvalue weighted by molar-refractivity contribution is 6.31. The fourth-order valence-corrected chi connectivity index (χ4v) is 5.24. The summed E-state index contributed by atoms with van der Waals surface area (Å²) in [7, 11) is 0. The third-order valence-corrected chi connectivity index (χ3v) is 7.07. The molecule has 210 valence electrons. The van der Waals surface area contributed by atoms with E-state index in [-0.39, 0.29) is 23.7 Å². The smallest absolute Gasteiger partial charge is 0.433 e. The van der Waals surface area contributed by atoms with Gasteiger partial charge in [0.2, 0.25) is 5.95 Å². The van der Waals surface area contributed by atoms with E-state index in [1.807, 2.05) is 25.3 Å². The molecule has 1 aromatic carbocycles. The second kappa shape index (κ2) is 10.4. The van der Waals surface area contributed by atoms with Crippen molar-refractivity contribution in [2.45, 2.75) is 83.4 Å². The van der Waals surface area contributed by atoms with Crippen LogP contribution >= 0.6 is 11.6 Å². The van der Waals surface area contributed by atoms with Gasteiger partial charge in [0, 0.05) is 41.3 Å². The Labute approximate surface area is 229 Å². The lowest BCUT2D eigenvalue weighted by Gasteiger charge is -2.33. The molecular weight excluding hydrogens is 535 g/mol. The van der Waals surface area contributed by atoms with Crippen LogP contribution in [0.3, 0.4) is 0 Å². The van der Waals surface area contributed by atoms with Crippen LogP contribution in [0.15, 0.2) is 24.3 Å². The Kier molecular flexibility index (Phi) is 7.25. The number of aromatic nitrogens is 4. The molecule has 5 rings (SSSR count). The number of hydrogen-bond acceptors (Lipinski definition) is 7. The van der Waals surface area contributed by atoms with E-state index in [9.17, 15) is 18.0 Å². The maximum Gasteiger partial charge on any atom is 0.433 e. The number of amides is 1. The van der Waals surface area contributed by atoms with Crippen molar-refractivity contribution < 1.29 is 22.7 Å². The summed E-state index contributed by atoms with van der Waals surface area (Å²) in [6, 6.07) is 5.71. The molecule has 3 aromatic rings. The zero-order valence-corrected chi connectivity index (χ0v) is 22.7. The van der Waals surface area contributed by atoms with E-state index < -0.39 is 17.5 Å². The maximum atomic E-state index is 13.5. The second-order valence-corrected chi connectivity index (χ2v) is 11.5. The van der Waals surface area contributed by atoms with Crippen molar-refractivity contribution in [2.24, 2.45) is 0 Å². The van der Waals surface area contributed by atoms with E-state index in [0.29, 0.717) is 53.9 Å². The third-order valence-electron chi connectivity index (χ3n) is 6.83. The summed E-state index contributed by atoms with van der Waals surface area (Å²) in [4.78, 5) is 17.9. The van der Waals surface area contributed by atoms with Gasteiger partial charge in [-0.15, -0.1) is 10.2 Å². The summed E-state index contributed by atoms with van der Waals surface area (Å²) < 4.78 is 48.0. The highest BCUT2D eigenvalue weighted by atomic mass is 35.5. The maximum absolute atomic E-state index is 13.5. The van der Waals surface area contributed by atoms with Gasteiger partial charge in [0.15, 0.2) is 5.82 Å². The van der Waals surface area contributed by atoms with Crippen LogP contribution in [0.2, 0.25) is 5.02 Å². The van der Waals surface area contributed by atoms with Crippen LogP contribution in [0, 0.1) is 0 Å². The number of anilines is 2. The van der Waals surface area contributed by atoms with Crippen LogP contribution < -0.4 is 10.6 Å². The summed E-state index contributed by atoms with van der Waals surface area (Å²) in [5.74, 6) is 1.29. The Morgan fingerprint density at radius 2 is 1.82 bits per heavy atom. The molecule has 2 aliphatic rings. The quantitative estimate of drug-likeness (QED) is 0.395. The Hall–Kier alpha value is -3.28. The number of fused-ring (bicyclic) bond motifs is 2. The third kappa shape index (κ3) is 6.32. The minimum atomic E-state index is -4.56. The molecule has 1 saturated carbocycles. The minimum Gasteiger partial charge on any atom is -0.444 e. The van der Waals surface area contributed by atoms with Crippen molar-refractivity contribution in [3.05, 3.63) is 40.8 Å². The molecule has 0 spiro atoms. The number of carbonyl (C=O) groups excluding carboxylic acids is 1. The van der Waals surface area contributed by atoms with Crippen molar-refractivity contribution >= 4 is 40.2 Å². The molecular formula is C26H31ClF3N7O2. The first kappa shape index (κ1) is 27.3. The summed E-state index contributed by atoms with van der Waals surface area (Å²) >= 11 is 6.15. The zero-order valence-electron chi connectivity index (χ0n) is 22.0. The molecule has 39 heavy (non-hydrogen) atoms. The molecule has 0 radical (unpaired) electrons. The molecule has 2 atom stereocenters.